The predicted molar refractivity (Wildman–Crippen MR) is 234 cm³/mol. The molecule has 0 aliphatic carbocycles. The van der Waals surface area contributed by atoms with E-state index in [1.54, 1.807) is 18.2 Å². The molecule has 8 bridgehead atoms. The third-order valence-corrected chi connectivity index (χ3v) is 12.0. The first kappa shape index (κ1) is 40.2. The molecule has 4 aromatic carbocycles. The summed E-state index contributed by atoms with van der Waals surface area (Å²) in [5, 5.41) is 2.78. The molecule has 9 nitrogen and oxygen atoms in total. The Morgan fingerprint density at radius 2 is 0.852 bits per heavy atom. The number of nitrogens with zero attached hydrogens (tertiary/aromatic N) is 7. The molecule has 5 heterocycles. The number of H-pyrrole nitrogens is 1. The number of hydrogen-bond acceptors (Lipinski definition) is 7. The van der Waals surface area contributed by atoms with Gasteiger partial charge in [-0.15, -0.1) is 0 Å². The molecule has 0 radical (unpaired) electrons. The van der Waals surface area contributed by atoms with Crippen LogP contribution >= 0.6 is 0 Å². The van der Waals surface area contributed by atoms with E-state index >= 15 is 17.6 Å². The van der Waals surface area contributed by atoms with Gasteiger partial charge in [-0.3, -0.25) is 0 Å². The van der Waals surface area contributed by atoms with Gasteiger partial charge in [0.2, 0.25) is 0 Å². The smallest absolute Gasteiger partial charge is 0.198 e. The van der Waals surface area contributed by atoms with E-state index in [4.69, 9.17) is 25.8 Å². The molecule has 2 aliphatic rings. The van der Waals surface area contributed by atoms with Gasteiger partial charge in [-0.2, -0.15) is 0 Å². The first-order valence-corrected chi connectivity index (χ1v) is 21.5. The van der Waals surface area contributed by atoms with Crippen LogP contribution in [0.1, 0.15) is 101 Å². The van der Waals surface area contributed by atoms with Crippen molar-refractivity contribution in [2.75, 3.05) is 5.84 Å². The molecular formula is C48H47F4N9. The van der Waals surface area contributed by atoms with Crippen molar-refractivity contribution in [3.63, 3.8) is 0 Å². The molecule has 13 heteroatoms. The molecule has 2 aliphatic heterocycles. The average molecular weight is 826 g/mol. The molecule has 3 aromatic heterocycles. The van der Waals surface area contributed by atoms with Crippen molar-refractivity contribution >= 4 is 44.1 Å². The first-order valence-electron chi connectivity index (χ1n) is 21.5. The van der Waals surface area contributed by atoms with E-state index in [1.165, 1.54) is 21.4 Å². The Hall–Kier alpha value is -6.24. The Kier molecular flexibility index (Phi) is 10.7. The molecule has 0 unspecified atom stereocenters. The van der Waals surface area contributed by atoms with Gasteiger partial charge in [-0.1, -0.05) is 102 Å². The van der Waals surface area contributed by atoms with Crippen LogP contribution < -0.4 is 5.84 Å². The number of nitrogen functional groups attached to an aromatic ring is 1. The van der Waals surface area contributed by atoms with Crippen LogP contribution in [0.2, 0.25) is 0 Å². The summed E-state index contributed by atoms with van der Waals surface area (Å²) in [7, 11) is 0. The van der Waals surface area contributed by atoms with Crippen molar-refractivity contribution in [3.05, 3.63) is 94.1 Å². The summed E-state index contributed by atoms with van der Waals surface area (Å²) in [5.74, 6) is -0.427. The number of nitrogens with one attached hydrogen (secondary N) is 1. The summed E-state index contributed by atoms with van der Waals surface area (Å²) in [6.45, 7) is 8.71. The van der Waals surface area contributed by atoms with Crippen molar-refractivity contribution in [3.8, 4) is 45.6 Å². The molecule has 9 rings (SSSR count). The van der Waals surface area contributed by atoms with Crippen molar-refractivity contribution in [2.24, 2.45) is 0 Å². The summed E-state index contributed by atoms with van der Waals surface area (Å²) in [5.41, 5.74) is 6.30. The second-order valence-corrected chi connectivity index (χ2v) is 16.0. The summed E-state index contributed by atoms with van der Waals surface area (Å²) >= 11 is 0. The molecule has 0 saturated heterocycles. The number of halogens is 4. The van der Waals surface area contributed by atoms with Crippen LogP contribution in [0.3, 0.4) is 0 Å². The third-order valence-electron chi connectivity index (χ3n) is 12.0. The van der Waals surface area contributed by atoms with Crippen LogP contribution in [0.15, 0.2) is 48.5 Å². The Balaban J connectivity index is 1.56. The van der Waals surface area contributed by atoms with Gasteiger partial charge < -0.3 is 10.8 Å². The van der Waals surface area contributed by atoms with Gasteiger partial charge in [0.1, 0.15) is 11.3 Å². The normalized spacial score (nSPS) is 12.1. The van der Waals surface area contributed by atoms with Crippen LogP contribution in [0.4, 0.5) is 17.6 Å². The van der Waals surface area contributed by atoms with Gasteiger partial charge in [-0.05, 0) is 73.6 Å². The maximum absolute atomic E-state index is 16.2. The van der Waals surface area contributed by atoms with Crippen molar-refractivity contribution in [1.29, 1.82) is 0 Å². The second-order valence-electron chi connectivity index (χ2n) is 16.0. The highest BCUT2D eigenvalue weighted by molar-refractivity contribution is 6.10. The van der Waals surface area contributed by atoms with Gasteiger partial charge in [-0.25, -0.2) is 52.1 Å². The lowest BCUT2D eigenvalue weighted by atomic mass is 9.82. The number of fused-ring (bicyclic) bond motifs is 20. The first-order chi connectivity index (χ1) is 29.7. The lowest BCUT2D eigenvalue weighted by molar-refractivity contribution is 0.412. The van der Waals surface area contributed by atoms with E-state index in [0.29, 0.717) is 33.7 Å². The average Bonchev–Trinajstić information content (AvgIpc) is 3.99. The lowest BCUT2D eigenvalue weighted by Crippen LogP contribution is -2.09. The van der Waals surface area contributed by atoms with Crippen molar-refractivity contribution in [2.45, 2.75) is 105 Å². The standard InChI is InChI=1S/C48H47F4N9/c1-5-9-17-25-26(18-10-6-2)28(20-12-8-4)34-33(27(25)19-11-7-3)43-55-41-29-21-13-14-22-30(29)42(54-41)59-47-31-23-15-16-24-32(31)48(61(47)53)60-46-36-35(45(58-46)57-44(34)56-43)37(49)39(51)40(52)38(36)50/h13-16,21-24H,5-12,17-20,53H2,1-4H3,(H,54,55,56,57,58,59,60). The molecule has 0 saturated carbocycles. The largest absolute Gasteiger partial charge is 0.336 e. The van der Waals surface area contributed by atoms with Crippen LogP contribution in [-0.4, -0.2) is 39.6 Å². The zero-order valence-corrected chi connectivity index (χ0v) is 34.8. The van der Waals surface area contributed by atoms with E-state index in [1.807, 2.05) is 30.3 Å². The van der Waals surface area contributed by atoms with Gasteiger partial charge in [0.15, 0.2) is 57.9 Å². The third kappa shape index (κ3) is 6.60. The number of aromatic nitrogens is 8. The minimum Gasteiger partial charge on any atom is -0.336 e. The highest BCUT2D eigenvalue weighted by atomic mass is 19.2. The molecule has 0 fully saturated rings. The highest BCUT2D eigenvalue weighted by Gasteiger charge is 2.34. The zero-order chi connectivity index (χ0) is 42.5. The number of aromatic amines is 1. The fraction of sp³-hybridized carbons (Fsp3) is 0.333. The molecule has 0 atom stereocenters. The fourth-order valence-electron chi connectivity index (χ4n) is 9.03. The highest BCUT2D eigenvalue weighted by Crippen LogP contribution is 2.43. The zero-order valence-electron chi connectivity index (χ0n) is 34.8. The van der Waals surface area contributed by atoms with Crippen LogP contribution in [0.25, 0.3) is 89.7 Å². The summed E-state index contributed by atoms with van der Waals surface area (Å²) in [6.07, 6.45) is 11.0. The SMILES string of the molecule is CCCCc1c(CCCC)c(CCCC)c2c3nc4nc(nc5c6ccccc6c(nc6nc(nc([nH]3)c2c1CCCC)-c1ccccc1-6)n5N)-c1c(F)c(F)c(F)c(F)c1-4. The van der Waals surface area contributed by atoms with Crippen LogP contribution in [-0.2, 0) is 25.7 Å². The maximum Gasteiger partial charge on any atom is 0.198 e. The van der Waals surface area contributed by atoms with E-state index < -0.39 is 40.2 Å². The molecule has 3 N–H and O–H groups in total. The Labute approximate surface area is 350 Å². The summed E-state index contributed by atoms with van der Waals surface area (Å²) in [6, 6.07) is 14.9. The fourth-order valence-corrected chi connectivity index (χ4v) is 9.03. The Bertz CT molecular complexity index is 3060. The molecule has 7 aromatic rings. The Morgan fingerprint density at radius 1 is 0.475 bits per heavy atom. The van der Waals surface area contributed by atoms with E-state index in [2.05, 4.69) is 42.6 Å². The summed E-state index contributed by atoms with van der Waals surface area (Å²) in [4.78, 5) is 33.2. The molecular weight excluding hydrogens is 779 g/mol. The molecule has 61 heavy (non-hydrogen) atoms. The number of nitrogens with two attached hydrogens (primary N) is 1. The molecule has 312 valence electrons. The number of unbranched alkanes of at least 4 members (excludes halogenated alkanes) is 4. The number of hydrogen-bond donors (Lipinski definition) is 2. The van der Waals surface area contributed by atoms with Crippen molar-refractivity contribution < 1.29 is 17.6 Å². The number of benzene rings is 4. The summed E-state index contributed by atoms with van der Waals surface area (Å²) < 4.78 is 64.1. The van der Waals surface area contributed by atoms with Gasteiger partial charge in [0, 0.05) is 32.7 Å². The second kappa shape index (κ2) is 16.3. The maximum atomic E-state index is 16.2. The minimum absolute atomic E-state index is 0.0768. The van der Waals surface area contributed by atoms with Gasteiger partial charge in [0.25, 0.3) is 0 Å². The minimum atomic E-state index is -1.98. The quantitative estimate of drug-likeness (QED) is 0.0544. The Morgan fingerprint density at radius 3 is 1.33 bits per heavy atom. The van der Waals surface area contributed by atoms with E-state index in [-0.39, 0.29) is 17.1 Å². The lowest BCUT2D eigenvalue weighted by Gasteiger charge is -2.22. The monoisotopic (exact) mass is 825 g/mol. The van der Waals surface area contributed by atoms with Crippen molar-refractivity contribution in [1.82, 2.24) is 39.6 Å². The van der Waals surface area contributed by atoms with Gasteiger partial charge in [0.05, 0.1) is 11.1 Å². The molecule has 0 amide bonds. The van der Waals surface area contributed by atoms with E-state index in [9.17, 15) is 0 Å². The molecule has 0 spiro atoms. The van der Waals surface area contributed by atoms with Crippen LogP contribution in [0.5, 0.6) is 0 Å². The number of rotatable bonds is 12. The van der Waals surface area contributed by atoms with Crippen LogP contribution in [0, 0.1) is 23.3 Å². The van der Waals surface area contributed by atoms with E-state index in [0.717, 1.165) is 105 Å². The number of aryl methyl sites for hydroxylation is 2. The topological polar surface area (TPSA) is 124 Å². The van der Waals surface area contributed by atoms with Gasteiger partial charge >= 0.3 is 0 Å². The predicted octanol–water partition coefficient (Wildman–Crippen LogP) is 12.0.